The number of sulfonamides is 1. The zero-order valence-corrected chi connectivity index (χ0v) is 15.6. The van der Waals surface area contributed by atoms with E-state index in [-0.39, 0.29) is 30.4 Å². The highest BCUT2D eigenvalue weighted by molar-refractivity contribution is 7.89. The Bertz CT molecular complexity index is 729. The molecule has 0 radical (unpaired) electrons. The van der Waals surface area contributed by atoms with Crippen LogP contribution in [0.1, 0.15) is 6.42 Å². The summed E-state index contributed by atoms with van der Waals surface area (Å²) >= 11 is 0. The Morgan fingerprint density at radius 2 is 1.77 bits per heavy atom. The highest BCUT2D eigenvalue weighted by Gasteiger charge is 2.27. The second kappa shape index (κ2) is 9.81. The molecule has 0 atom stereocenters. The third-order valence-corrected chi connectivity index (χ3v) is 5.72. The van der Waals surface area contributed by atoms with Crippen molar-refractivity contribution in [2.75, 3.05) is 39.3 Å². The predicted octanol–water partition coefficient (Wildman–Crippen LogP) is 0.145. The molecule has 146 valence electrons. The summed E-state index contributed by atoms with van der Waals surface area (Å²) < 4.78 is 39.5. The van der Waals surface area contributed by atoms with Crippen molar-refractivity contribution in [1.82, 2.24) is 14.5 Å². The Hall–Kier alpha value is -1.75. The van der Waals surface area contributed by atoms with Crippen LogP contribution in [0.4, 0.5) is 4.39 Å². The van der Waals surface area contributed by atoms with Crippen LogP contribution in [0.5, 0.6) is 0 Å². The molecule has 1 amide bonds. The molecule has 1 aliphatic heterocycles. The van der Waals surface area contributed by atoms with Gasteiger partial charge in [-0.15, -0.1) is 12.4 Å². The van der Waals surface area contributed by atoms with Crippen molar-refractivity contribution >= 4 is 34.3 Å². The number of carbonyl (C=O) groups is 2. The number of hydrogen-bond acceptors (Lipinski definition) is 5. The summed E-state index contributed by atoms with van der Waals surface area (Å²) in [6.07, 6.45) is 0.534. The first-order valence-electron chi connectivity index (χ1n) is 7.75. The van der Waals surface area contributed by atoms with Crippen molar-refractivity contribution < 1.29 is 27.5 Å². The second-order valence-corrected chi connectivity index (χ2v) is 7.60. The van der Waals surface area contributed by atoms with Gasteiger partial charge in [0, 0.05) is 19.6 Å². The Morgan fingerprint density at radius 3 is 2.38 bits per heavy atom. The standard InChI is InChI=1S/C15H20FN3O5S.ClH/c16-12-2-4-13(5-3-12)25(23,24)19-7-1-6-18(8-9-19)11-14(20)17-10-15(21)22;/h2-5H,1,6-11H2,(H,17,20)(H,21,22);1H. The van der Waals surface area contributed by atoms with Crippen molar-refractivity contribution in [3.05, 3.63) is 30.1 Å². The Kier molecular flexibility index (Phi) is 8.41. The molecule has 11 heteroatoms. The van der Waals surface area contributed by atoms with Gasteiger partial charge in [0.1, 0.15) is 12.4 Å². The largest absolute Gasteiger partial charge is 0.480 e. The maximum atomic E-state index is 13.0. The van der Waals surface area contributed by atoms with Gasteiger partial charge in [-0.2, -0.15) is 4.31 Å². The van der Waals surface area contributed by atoms with E-state index in [0.717, 1.165) is 12.1 Å². The van der Waals surface area contributed by atoms with E-state index in [4.69, 9.17) is 5.11 Å². The molecule has 0 aromatic heterocycles. The van der Waals surface area contributed by atoms with Gasteiger partial charge in [-0.1, -0.05) is 0 Å². The van der Waals surface area contributed by atoms with Crippen molar-refractivity contribution in [2.45, 2.75) is 11.3 Å². The van der Waals surface area contributed by atoms with Crippen LogP contribution in [0.15, 0.2) is 29.2 Å². The van der Waals surface area contributed by atoms with Gasteiger partial charge in [-0.25, -0.2) is 12.8 Å². The summed E-state index contributed by atoms with van der Waals surface area (Å²) in [7, 11) is -3.71. The SMILES string of the molecule is Cl.O=C(O)CNC(=O)CN1CCCN(S(=O)(=O)c2ccc(F)cc2)CC1. The molecule has 1 aromatic rings. The lowest BCUT2D eigenvalue weighted by Crippen LogP contribution is -2.41. The number of carboxylic acid groups (broad SMARTS) is 1. The molecule has 0 unspecified atom stereocenters. The highest BCUT2D eigenvalue weighted by Crippen LogP contribution is 2.18. The third kappa shape index (κ3) is 6.20. The lowest BCUT2D eigenvalue weighted by Gasteiger charge is -2.21. The number of carbonyl (C=O) groups excluding carboxylic acids is 1. The molecule has 0 aliphatic carbocycles. The molecule has 2 rings (SSSR count). The zero-order valence-electron chi connectivity index (χ0n) is 13.9. The fourth-order valence-electron chi connectivity index (χ4n) is 2.53. The maximum absolute atomic E-state index is 13.0. The van der Waals surface area contributed by atoms with Gasteiger partial charge >= 0.3 is 5.97 Å². The molecule has 1 aliphatic rings. The average molecular weight is 410 g/mol. The van der Waals surface area contributed by atoms with Gasteiger partial charge in [0.2, 0.25) is 15.9 Å². The van der Waals surface area contributed by atoms with E-state index in [1.54, 1.807) is 4.90 Å². The van der Waals surface area contributed by atoms with Crippen LogP contribution in [0.3, 0.4) is 0 Å². The first kappa shape index (κ1) is 22.3. The molecular formula is C15H21ClFN3O5S. The van der Waals surface area contributed by atoms with Crippen LogP contribution in [0, 0.1) is 5.82 Å². The summed E-state index contributed by atoms with van der Waals surface area (Å²) in [5, 5.41) is 10.8. The molecular weight excluding hydrogens is 389 g/mol. The van der Waals surface area contributed by atoms with Crippen molar-refractivity contribution in [1.29, 1.82) is 0 Å². The second-order valence-electron chi connectivity index (χ2n) is 5.66. The fourth-order valence-corrected chi connectivity index (χ4v) is 4.00. The summed E-state index contributed by atoms with van der Waals surface area (Å²) in [4.78, 5) is 23.9. The van der Waals surface area contributed by atoms with E-state index in [9.17, 15) is 22.4 Å². The topological polar surface area (TPSA) is 107 Å². The minimum atomic E-state index is -3.71. The summed E-state index contributed by atoms with van der Waals surface area (Å²) in [5.74, 6) is -2.05. The number of rotatable bonds is 6. The predicted molar refractivity (Wildman–Crippen MR) is 94.1 cm³/mol. The Labute approximate surface area is 157 Å². The molecule has 0 spiro atoms. The number of carboxylic acids is 1. The van der Waals surface area contributed by atoms with Crippen LogP contribution in [0.25, 0.3) is 0 Å². The lowest BCUT2D eigenvalue weighted by molar-refractivity contribution is -0.138. The first-order chi connectivity index (χ1) is 11.8. The van der Waals surface area contributed by atoms with Gasteiger partial charge in [0.05, 0.1) is 11.4 Å². The highest BCUT2D eigenvalue weighted by atomic mass is 35.5. The molecule has 1 aromatic carbocycles. The molecule has 1 saturated heterocycles. The number of halogens is 2. The number of amides is 1. The van der Waals surface area contributed by atoms with E-state index in [0.29, 0.717) is 26.1 Å². The number of nitrogens with one attached hydrogen (secondary N) is 1. The van der Waals surface area contributed by atoms with Crippen LogP contribution in [-0.2, 0) is 19.6 Å². The molecule has 0 saturated carbocycles. The first-order valence-corrected chi connectivity index (χ1v) is 9.19. The van der Waals surface area contributed by atoms with Crippen molar-refractivity contribution in [3.63, 3.8) is 0 Å². The third-order valence-electron chi connectivity index (χ3n) is 3.80. The number of aliphatic carboxylic acids is 1. The minimum absolute atomic E-state index is 0. The maximum Gasteiger partial charge on any atom is 0.322 e. The minimum Gasteiger partial charge on any atom is -0.480 e. The Morgan fingerprint density at radius 1 is 1.12 bits per heavy atom. The van der Waals surface area contributed by atoms with Crippen LogP contribution >= 0.6 is 12.4 Å². The fraction of sp³-hybridized carbons (Fsp3) is 0.467. The zero-order chi connectivity index (χ0) is 18.4. The smallest absolute Gasteiger partial charge is 0.322 e. The number of nitrogens with zero attached hydrogens (tertiary/aromatic N) is 2. The normalized spacial score (nSPS) is 16.3. The summed E-state index contributed by atoms with van der Waals surface area (Å²) in [6.45, 7) is 0.936. The van der Waals surface area contributed by atoms with E-state index >= 15 is 0 Å². The summed E-state index contributed by atoms with van der Waals surface area (Å²) in [6, 6.07) is 4.66. The van der Waals surface area contributed by atoms with E-state index in [1.165, 1.54) is 16.4 Å². The lowest BCUT2D eigenvalue weighted by atomic mass is 10.4. The molecule has 0 bridgehead atoms. The van der Waals surface area contributed by atoms with Crippen LogP contribution in [-0.4, -0.2) is 73.9 Å². The van der Waals surface area contributed by atoms with E-state index in [2.05, 4.69) is 5.32 Å². The quantitative estimate of drug-likeness (QED) is 0.692. The van der Waals surface area contributed by atoms with Crippen LogP contribution < -0.4 is 5.32 Å². The number of hydrogen-bond donors (Lipinski definition) is 2. The molecule has 1 fully saturated rings. The average Bonchev–Trinajstić information content (AvgIpc) is 2.79. The molecule has 1 heterocycles. The van der Waals surface area contributed by atoms with Crippen molar-refractivity contribution in [3.8, 4) is 0 Å². The summed E-state index contributed by atoms with van der Waals surface area (Å²) in [5.41, 5.74) is 0. The van der Waals surface area contributed by atoms with E-state index in [1.807, 2.05) is 0 Å². The van der Waals surface area contributed by atoms with Crippen LogP contribution in [0.2, 0.25) is 0 Å². The van der Waals surface area contributed by atoms with Crippen molar-refractivity contribution in [2.24, 2.45) is 0 Å². The van der Waals surface area contributed by atoms with Gasteiger partial charge in [-0.3, -0.25) is 14.5 Å². The molecule has 26 heavy (non-hydrogen) atoms. The molecule has 8 nitrogen and oxygen atoms in total. The van der Waals surface area contributed by atoms with Gasteiger partial charge in [0.15, 0.2) is 0 Å². The monoisotopic (exact) mass is 409 g/mol. The van der Waals surface area contributed by atoms with Gasteiger partial charge in [-0.05, 0) is 37.2 Å². The van der Waals surface area contributed by atoms with E-state index < -0.39 is 34.3 Å². The van der Waals surface area contributed by atoms with Gasteiger partial charge < -0.3 is 10.4 Å². The Balaban J connectivity index is 0.00000338. The number of benzene rings is 1. The van der Waals surface area contributed by atoms with Gasteiger partial charge in [0.25, 0.3) is 0 Å². The molecule has 2 N–H and O–H groups in total.